The summed E-state index contributed by atoms with van der Waals surface area (Å²) in [6.45, 7) is 2.73. The van der Waals surface area contributed by atoms with Crippen LogP contribution >= 0.6 is 7.82 Å². The van der Waals surface area contributed by atoms with E-state index in [0.29, 0.717) is 12.8 Å². The number of carboxylic acid groups (broad SMARTS) is 1. The number of carbonyl (C=O) groups is 3. The van der Waals surface area contributed by atoms with E-state index in [4.69, 9.17) is 14.0 Å². The molecule has 0 aliphatic rings. The molecule has 0 aliphatic heterocycles. The number of phosphoric acid groups is 1. The van der Waals surface area contributed by atoms with E-state index in [1.165, 1.54) is 135 Å². The second kappa shape index (κ2) is 45.9. The van der Waals surface area contributed by atoms with Crippen LogP contribution in [0.3, 0.4) is 0 Å². The first-order valence-electron chi connectivity index (χ1n) is 23.7. The number of hydrogen-bond donors (Lipinski definition) is 1. The first-order chi connectivity index (χ1) is 28.1. The third kappa shape index (κ3) is 45.7. The zero-order valence-corrected chi connectivity index (χ0v) is 42.2. The molecule has 0 fully saturated rings. The van der Waals surface area contributed by atoms with Crippen LogP contribution in [0.2, 0.25) is 0 Å². The van der Waals surface area contributed by atoms with Crippen LogP contribution in [-0.4, -0.2) is 49.9 Å². The Bertz CT molecular complexity index is 1050. The molecule has 0 aliphatic carbocycles. The molecular weight excluding hydrogens is 797 g/mol. The number of unbranched alkanes of at least 4 members (excludes halogenated alkanes) is 29. The summed E-state index contributed by atoms with van der Waals surface area (Å²) in [5, 5.41) is 10.9. The standard InChI is InChI=1S/C46H88NO10P.K/c1-3-5-7-9-11-13-15-17-19-21-23-25-27-29-31-33-35-37-44(48)54-39-42(40-55-58(52,53)56-41-43(47)46(50)51)57-45(49)38-36-34-32-30-28-26-24-22-20-18-16-14-12-10-8-6-4-2;/h22,24,42-43H,3-21,23,25-41,47H2,1-2H3,(H,50,51)(H,52,53);/q;+1/p-1/b24-22+;. The van der Waals surface area contributed by atoms with E-state index in [0.717, 1.165) is 57.8 Å². The minimum atomic E-state index is -4.95. The predicted molar refractivity (Wildman–Crippen MR) is 229 cm³/mol. The quantitative estimate of drug-likeness (QED) is 0.0217. The maximum atomic E-state index is 12.6. The SMILES string of the molecule is CCCCCCCCCC/C=C/CCCCCCCC(=O)OC(COC(=O)CCCCCCCCCCCCCCCCCCC)COP(=O)([O-])OCC([NH3+])C(=O)[O-].[K+]. The van der Waals surface area contributed by atoms with Gasteiger partial charge in [0.15, 0.2) is 6.10 Å². The Balaban J connectivity index is 0. The van der Waals surface area contributed by atoms with Gasteiger partial charge in [-0.2, -0.15) is 0 Å². The number of rotatable bonds is 45. The van der Waals surface area contributed by atoms with Crippen molar-refractivity contribution in [2.45, 2.75) is 244 Å². The van der Waals surface area contributed by atoms with Gasteiger partial charge in [0, 0.05) is 12.8 Å². The maximum Gasteiger partial charge on any atom is 1.00 e. The van der Waals surface area contributed by atoms with Gasteiger partial charge < -0.3 is 39.0 Å². The van der Waals surface area contributed by atoms with Gasteiger partial charge in [-0.15, -0.1) is 0 Å². The molecule has 59 heavy (non-hydrogen) atoms. The van der Waals surface area contributed by atoms with E-state index in [-0.39, 0.29) is 70.8 Å². The normalized spacial score (nSPS) is 13.5. The van der Waals surface area contributed by atoms with Gasteiger partial charge in [-0.25, -0.2) is 0 Å². The number of hydrogen-bond acceptors (Lipinski definition) is 10. The van der Waals surface area contributed by atoms with Gasteiger partial charge in [0.05, 0.1) is 6.61 Å². The average Bonchev–Trinajstić information content (AvgIpc) is 3.20. The topological polar surface area (TPSA) is 179 Å². The van der Waals surface area contributed by atoms with Gasteiger partial charge in [0.1, 0.15) is 25.2 Å². The minimum Gasteiger partial charge on any atom is -0.756 e. The fraction of sp³-hybridized carbons (Fsp3) is 0.891. The molecule has 0 aromatic carbocycles. The van der Waals surface area contributed by atoms with Gasteiger partial charge >= 0.3 is 63.3 Å². The number of ether oxygens (including phenoxy) is 2. The molecule has 3 unspecified atom stereocenters. The molecule has 0 saturated heterocycles. The van der Waals surface area contributed by atoms with Gasteiger partial charge in [0.2, 0.25) is 0 Å². The van der Waals surface area contributed by atoms with Crippen molar-refractivity contribution in [3.8, 4) is 0 Å². The van der Waals surface area contributed by atoms with E-state index in [1.807, 2.05) is 0 Å². The van der Waals surface area contributed by atoms with E-state index in [2.05, 4.69) is 36.3 Å². The molecule has 342 valence electrons. The summed E-state index contributed by atoms with van der Waals surface area (Å²) in [6, 6.07) is -1.42. The molecule has 0 spiro atoms. The van der Waals surface area contributed by atoms with E-state index < -0.39 is 51.1 Å². The molecule has 0 heterocycles. The zero-order chi connectivity index (χ0) is 42.8. The van der Waals surface area contributed by atoms with Gasteiger partial charge in [-0.3, -0.25) is 14.2 Å². The van der Waals surface area contributed by atoms with Crippen molar-refractivity contribution in [2.75, 3.05) is 19.8 Å². The van der Waals surface area contributed by atoms with Crippen LogP contribution in [0.1, 0.15) is 232 Å². The smallest absolute Gasteiger partial charge is 0.756 e. The molecule has 0 bridgehead atoms. The summed E-state index contributed by atoms with van der Waals surface area (Å²) in [7, 11) is -4.95. The molecule has 0 amide bonds. The molecule has 3 atom stereocenters. The van der Waals surface area contributed by atoms with Crippen molar-refractivity contribution in [2.24, 2.45) is 0 Å². The van der Waals surface area contributed by atoms with Crippen LogP contribution in [-0.2, 0) is 37.5 Å². The largest absolute Gasteiger partial charge is 1.00 e. The van der Waals surface area contributed by atoms with Crippen molar-refractivity contribution >= 4 is 25.7 Å². The van der Waals surface area contributed by atoms with Crippen LogP contribution in [0, 0.1) is 0 Å². The van der Waals surface area contributed by atoms with Crippen LogP contribution in [0.15, 0.2) is 12.2 Å². The number of phosphoric ester groups is 1. The third-order valence-corrected chi connectivity index (χ3v) is 11.5. The monoisotopic (exact) mass is 884 g/mol. The second-order valence-electron chi connectivity index (χ2n) is 16.3. The maximum absolute atomic E-state index is 12.6. The molecule has 3 N–H and O–H groups in total. The van der Waals surface area contributed by atoms with Crippen LogP contribution in [0.25, 0.3) is 0 Å². The Labute approximate surface area is 403 Å². The molecule has 0 aromatic heterocycles. The Hall–Kier alpha value is -0.144. The van der Waals surface area contributed by atoms with Gasteiger partial charge in [-0.05, 0) is 38.5 Å². The first kappa shape index (κ1) is 60.9. The summed E-state index contributed by atoms with van der Waals surface area (Å²) < 4.78 is 32.4. The average molecular weight is 884 g/mol. The first-order valence-corrected chi connectivity index (χ1v) is 25.2. The molecule has 0 aromatic rings. The van der Waals surface area contributed by atoms with Crippen LogP contribution < -0.4 is 67.1 Å². The fourth-order valence-corrected chi connectivity index (χ4v) is 7.55. The Morgan fingerprint density at radius 2 is 0.864 bits per heavy atom. The Morgan fingerprint density at radius 1 is 0.525 bits per heavy atom. The minimum absolute atomic E-state index is 0. The number of quaternary nitrogens is 1. The molecule has 11 nitrogen and oxygen atoms in total. The van der Waals surface area contributed by atoms with Crippen molar-refractivity contribution < 1.29 is 105 Å². The van der Waals surface area contributed by atoms with Gasteiger partial charge in [0.25, 0.3) is 7.82 Å². The van der Waals surface area contributed by atoms with Crippen LogP contribution in [0.4, 0.5) is 0 Å². The second-order valence-corrected chi connectivity index (χ2v) is 17.7. The number of carboxylic acids is 1. The zero-order valence-electron chi connectivity index (χ0n) is 38.2. The predicted octanol–water partition coefficient (Wildman–Crippen LogP) is 7.17. The Kier molecular flexibility index (Phi) is 47.4. The summed E-state index contributed by atoms with van der Waals surface area (Å²) >= 11 is 0. The number of esters is 2. The van der Waals surface area contributed by atoms with E-state index in [1.54, 1.807) is 0 Å². The molecule has 0 saturated carbocycles. The van der Waals surface area contributed by atoms with Crippen molar-refractivity contribution in [1.29, 1.82) is 0 Å². The molecule has 0 rings (SSSR count). The van der Waals surface area contributed by atoms with Crippen molar-refractivity contribution in [3.63, 3.8) is 0 Å². The summed E-state index contributed by atoms with van der Waals surface area (Å²) in [6.07, 6.45) is 42.5. The van der Waals surface area contributed by atoms with E-state index >= 15 is 0 Å². The number of carbonyl (C=O) groups excluding carboxylic acids is 3. The molecule has 13 heteroatoms. The van der Waals surface area contributed by atoms with Gasteiger partial charge in [-0.1, -0.05) is 193 Å². The molecular formula is C46H87KNO10P. The van der Waals surface area contributed by atoms with E-state index in [9.17, 15) is 28.9 Å². The number of aliphatic carboxylic acids is 1. The third-order valence-electron chi connectivity index (χ3n) is 10.5. The summed E-state index contributed by atoms with van der Waals surface area (Å²) in [4.78, 5) is 48.2. The van der Waals surface area contributed by atoms with Crippen LogP contribution in [0.5, 0.6) is 0 Å². The molecule has 0 radical (unpaired) electrons. The summed E-state index contributed by atoms with van der Waals surface area (Å²) in [5.74, 6) is -2.57. The fourth-order valence-electron chi connectivity index (χ4n) is 6.77. The van der Waals surface area contributed by atoms with Crippen molar-refractivity contribution in [1.82, 2.24) is 0 Å². The Morgan fingerprint density at radius 3 is 1.25 bits per heavy atom. The summed E-state index contributed by atoms with van der Waals surface area (Å²) in [5.41, 5.74) is 3.25. The van der Waals surface area contributed by atoms with Crippen molar-refractivity contribution in [3.05, 3.63) is 12.2 Å². The number of allylic oxidation sites excluding steroid dienone is 2.